The minimum Gasteiger partial charge on any atom is -0.304 e. The fraction of sp³-hybridized carbons (Fsp3) is 0.353. The summed E-state index contributed by atoms with van der Waals surface area (Å²) in [5, 5.41) is 3.72. The molecule has 0 spiro atoms. The molecule has 1 atom stereocenters. The number of nitrogens with one attached hydrogen (secondary N) is 1. The standard InChI is InChI=1S/C17H20N2S/c1-20-17(10-11-17)13-19-16(14-7-3-2-4-8-14)15-9-5-6-12-18-15/h2-9,12,16,19H,10-11,13H2,1H3. The smallest absolute Gasteiger partial charge is 0.0751 e. The summed E-state index contributed by atoms with van der Waals surface area (Å²) < 4.78 is 0.460. The van der Waals surface area contributed by atoms with E-state index in [-0.39, 0.29) is 6.04 Å². The first-order valence-corrected chi connectivity index (χ1v) is 8.30. The number of pyridine rings is 1. The Hall–Kier alpha value is -1.32. The van der Waals surface area contributed by atoms with Gasteiger partial charge < -0.3 is 5.32 Å². The lowest BCUT2D eigenvalue weighted by atomic mass is 10.0. The van der Waals surface area contributed by atoms with E-state index in [0.29, 0.717) is 4.75 Å². The Morgan fingerprint density at radius 1 is 1.15 bits per heavy atom. The lowest BCUT2D eigenvalue weighted by molar-refractivity contribution is 0.579. The van der Waals surface area contributed by atoms with Gasteiger partial charge in [-0.25, -0.2) is 0 Å². The van der Waals surface area contributed by atoms with Gasteiger partial charge in [0.2, 0.25) is 0 Å². The lowest BCUT2D eigenvalue weighted by Crippen LogP contribution is -2.31. The van der Waals surface area contributed by atoms with Crippen LogP contribution in [0.5, 0.6) is 0 Å². The first kappa shape index (κ1) is 13.7. The van der Waals surface area contributed by atoms with Crippen molar-refractivity contribution in [1.82, 2.24) is 10.3 Å². The number of nitrogens with zero attached hydrogens (tertiary/aromatic N) is 1. The normalized spacial score (nSPS) is 17.6. The predicted molar refractivity (Wildman–Crippen MR) is 86.0 cm³/mol. The van der Waals surface area contributed by atoms with Gasteiger partial charge in [-0.3, -0.25) is 4.98 Å². The van der Waals surface area contributed by atoms with Crippen molar-refractivity contribution >= 4 is 11.8 Å². The van der Waals surface area contributed by atoms with Gasteiger partial charge in [0.05, 0.1) is 11.7 Å². The molecule has 0 radical (unpaired) electrons. The van der Waals surface area contributed by atoms with Crippen LogP contribution in [-0.4, -0.2) is 22.5 Å². The lowest BCUT2D eigenvalue weighted by Gasteiger charge is -2.22. The van der Waals surface area contributed by atoms with Gasteiger partial charge in [0.25, 0.3) is 0 Å². The second-order valence-electron chi connectivity index (χ2n) is 5.37. The van der Waals surface area contributed by atoms with Crippen molar-refractivity contribution in [3.8, 4) is 0 Å². The molecular weight excluding hydrogens is 264 g/mol. The zero-order valence-corrected chi connectivity index (χ0v) is 12.6. The van der Waals surface area contributed by atoms with Gasteiger partial charge in [-0.1, -0.05) is 36.4 Å². The van der Waals surface area contributed by atoms with Crippen molar-refractivity contribution in [2.75, 3.05) is 12.8 Å². The van der Waals surface area contributed by atoms with Crippen LogP contribution >= 0.6 is 11.8 Å². The van der Waals surface area contributed by atoms with Gasteiger partial charge in [0, 0.05) is 17.5 Å². The molecule has 3 rings (SSSR count). The van der Waals surface area contributed by atoms with Gasteiger partial charge in [0.15, 0.2) is 0 Å². The highest BCUT2D eigenvalue weighted by Gasteiger charge is 2.42. The van der Waals surface area contributed by atoms with E-state index in [2.05, 4.69) is 59.0 Å². The summed E-state index contributed by atoms with van der Waals surface area (Å²) in [6, 6.07) is 16.9. The summed E-state index contributed by atoms with van der Waals surface area (Å²) in [5.41, 5.74) is 2.37. The molecule has 1 unspecified atom stereocenters. The molecule has 1 N–H and O–H groups in total. The SMILES string of the molecule is CSC1(CNC(c2ccccc2)c2ccccn2)CC1. The Balaban J connectivity index is 1.81. The molecule has 1 saturated carbocycles. The molecule has 1 aliphatic carbocycles. The summed E-state index contributed by atoms with van der Waals surface area (Å²) in [7, 11) is 0. The number of hydrogen-bond acceptors (Lipinski definition) is 3. The first-order chi connectivity index (χ1) is 9.83. The molecule has 1 aromatic carbocycles. The van der Waals surface area contributed by atoms with Gasteiger partial charge in [0.1, 0.15) is 0 Å². The fourth-order valence-electron chi connectivity index (χ4n) is 2.47. The molecule has 104 valence electrons. The number of thioether (sulfide) groups is 1. The maximum absolute atomic E-state index is 4.53. The van der Waals surface area contributed by atoms with E-state index in [0.717, 1.165) is 12.2 Å². The van der Waals surface area contributed by atoms with E-state index in [1.54, 1.807) is 0 Å². The molecule has 1 fully saturated rings. The van der Waals surface area contributed by atoms with Crippen LogP contribution < -0.4 is 5.32 Å². The Labute approximate surface area is 125 Å². The molecule has 3 heteroatoms. The van der Waals surface area contributed by atoms with E-state index in [9.17, 15) is 0 Å². The topological polar surface area (TPSA) is 24.9 Å². The van der Waals surface area contributed by atoms with E-state index in [4.69, 9.17) is 0 Å². The monoisotopic (exact) mass is 284 g/mol. The quantitative estimate of drug-likeness (QED) is 0.876. The minimum atomic E-state index is 0.182. The molecule has 0 aliphatic heterocycles. The van der Waals surface area contributed by atoms with Crippen LogP contribution in [-0.2, 0) is 0 Å². The van der Waals surface area contributed by atoms with Crippen molar-refractivity contribution in [1.29, 1.82) is 0 Å². The highest BCUT2D eigenvalue weighted by molar-refractivity contribution is 8.00. The zero-order valence-electron chi connectivity index (χ0n) is 11.8. The molecule has 2 nitrogen and oxygen atoms in total. The van der Waals surface area contributed by atoms with Gasteiger partial charge in [-0.2, -0.15) is 11.8 Å². The van der Waals surface area contributed by atoms with Crippen LogP contribution in [0.1, 0.15) is 30.1 Å². The van der Waals surface area contributed by atoms with Crippen LogP contribution in [0.2, 0.25) is 0 Å². The Kier molecular flexibility index (Phi) is 4.08. The van der Waals surface area contributed by atoms with E-state index in [1.165, 1.54) is 18.4 Å². The molecule has 1 aromatic heterocycles. The highest BCUT2D eigenvalue weighted by atomic mass is 32.2. The first-order valence-electron chi connectivity index (χ1n) is 7.07. The highest BCUT2D eigenvalue weighted by Crippen LogP contribution is 2.46. The van der Waals surface area contributed by atoms with Crippen molar-refractivity contribution in [3.05, 3.63) is 66.0 Å². The Morgan fingerprint density at radius 3 is 2.50 bits per heavy atom. The molecule has 20 heavy (non-hydrogen) atoms. The fourth-order valence-corrected chi connectivity index (χ4v) is 3.20. The molecule has 2 aromatic rings. The summed E-state index contributed by atoms with van der Waals surface area (Å²) in [4.78, 5) is 4.53. The van der Waals surface area contributed by atoms with Crippen LogP contribution in [0.3, 0.4) is 0 Å². The molecule has 0 bridgehead atoms. The van der Waals surface area contributed by atoms with Crippen molar-refractivity contribution in [3.63, 3.8) is 0 Å². The van der Waals surface area contributed by atoms with E-state index in [1.807, 2.05) is 24.0 Å². The second-order valence-corrected chi connectivity index (χ2v) is 6.64. The third kappa shape index (κ3) is 3.05. The van der Waals surface area contributed by atoms with Crippen molar-refractivity contribution < 1.29 is 0 Å². The Bertz CT molecular complexity index is 498. The summed E-state index contributed by atoms with van der Waals surface area (Å²) in [6.45, 7) is 1.05. The zero-order chi connectivity index (χ0) is 13.8. The summed E-state index contributed by atoms with van der Waals surface area (Å²) in [6.07, 6.45) is 6.73. The van der Waals surface area contributed by atoms with E-state index >= 15 is 0 Å². The average molecular weight is 284 g/mol. The van der Waals surface area contributed by atoms with Gasteiger partial charge in [-0.05, 0) is 36.8 Å². The van der Waals surface area contributed by atoms with Crippen molar-refractivity contribution in [2.24, 2.45) is 0 Å². The number of aromatic nitrogens is 1. The average Bonchev–Trinajstić information content (AvgIpc) is 3.30. The minimum absolute atomic E-state index is 0.182. The second kappa shape index (κ2) is 5.98. The van der Waals surface area contributed by atoms with E-state index < -0.39 is 0 Å². The summed E-state index contributed by atoms with van der Waals surface area (Å²) in [5.74, 6) is 0. The Morgan fingerprint density at radius 2 is 1.90 bits per heavy atom. The van der Waals surface area contributed by atoms with Gasteiger partial charge in [-0.15, -0.1) is 0 Å². The van der Waals surface area contributed by atoms with Crippen LogP contribution in [0.15, 0.2) is 54.7 Å². The number of benzene rings is 1. The summed E-state index contributed by atoms with van der Waals surface area (Å²) >= 11 is 1.99. The third-order valence-corrected chi connectivity index (χ3v) is 5.40. The van der Waals surface area contributed by atoms with Crippen LogP contribution in [0, 0.1) is 0 Å². The predicted octanol–water partition coefficient (Wildman–Crippen LogP) is 3.66. The molecular formula is C17H20N2S. The maximum atomic E-state index is 4.53. The molecule has 0 saturated heterocycles. The van der Waals surface area contributed by atoms with Crippen LogP contribution in [0.25, 0.3) is 0 Å². The number of rotatable bonds is 6. The molecule has 1 aliphatic rings. The maximum Gasteiger partial charge on any atom is 0.0751 e. The number of hydrogen-bond donors (Lipinski definition) is 1. The third-order valence-electron chi connectivity index (χ3n) is 3.99. The van der Waals surface area contributed by atoms with Crippen LogP contribution in [0.4, 0.5) is 0 Å². The van der Waals surface area contributed by atoms with Gasteiger partial charge >= 0.3 is 0 Å². The largest absolute Gasteiger partial charge is 0.304 e. The molecule has 0 amide bonds. The van der Waals surface area contributed by atoms with Crippen molar-refractivity contribution in [2.45, 2.75) is 23.6 Å². The molecule has 1 heterocycles.